The van der Waals surface area contributed by atoms with Crippen molar-refractivity contribution >= 4 is 0 Å². The number of nitrogens with one attached hydrogen (secondary N) is 1. The van der Waals surface area contributed by atoms with Crippen molar-refractivity contribution in [3.05, 3.63) is 0 Å². The molecule has 0 aromatic carbocycles. The molecule has 2 bridgehead atoms. The van der Waals surface area contributed by atoms with E-state index >= 15 is 0 Å². The normalized spacial score (nSPS) is 60.6. The second-order valence-corrected chi connectivity index (χ2v) is 5.04. The number of likely N-dealkylation sites (N-methyl/N-ethyl adjacent to an activating group) is 1. The van der Waals surface area contributed by atoms with Crippen LogP contribution in [0.25, 0.3) is 0 Å². The highest BCUT2D eigenvalue weighted by Gasteiger charge is 2.83. The molecular formula is C10H19NO5. The Labute approximate surface area is 94.2 Å². The third-order valence-corrected chi connectivity index (χ3v) is 4.55. The summed E-state index contributed by atoms with van der Waals surface area (Å²) in [5, 5.41) is 32.5. The number of hydrogen-bond donors (Lipinski definition) is 4. The summed E-state index contributed by atoms with van der Waals surface area (Å²) in [6, 6.07) is 0. The van der Waals surface area contributed by atoms with Crippen LogP contribution in [0.15, 0.2) is 0 Å². The number of fused-ring (bicyclic) bond motifs is 2. The average molecular weight is 233 g/mol. The second-order valence-electron chi connectivity index (χ2n) is 5.04. The molecule has 3 fully saturated rings. The molecule has 0 radical (unpaired) electrons. The van der Waals surface area contributed by atoms with E-state index in [9.17, 15) is 15.3 Å². The Hall–Kier alpha value is -0.240. The zero-order valence-electron chi connectivity index (χ0n) is 9.94. The maximum Gasteiger partial charge on any atom is 0.227 e. The SMILES string of the molecule is CNC1(C)C(O)OC2(CO)OC1(C)[C@@]2(C)O. The summed E-state index contributed by atoms with van der Waals surface area (Å²) < 4.78 is 10.8. The molecule has 0 spiro atoms. The quantitative estimate of drug-likeness (QED) is 0.466. The molecule has 4 N–H and O–H groups in total. The summed E-state index contributed by atoms with van der Waals surface area (Å²) in [4.78, 5) is 0. The van der Waals surface area contributed by atoms with Crippen molar-refractivity contribution in [3.8, 4) is 0 Å². The fourth-order valence-corrected chi connectivity index (χ4v) is 2.72. The third kappa shape index (κ3) is 0.905. The van der Waals surface area contributed by atoms with Crippen molar-refractivity contribution in [2.75, 3.05) is 13.7 Å². The fourth-order valence-electron chi connectivity index (χ4n) is 2.72. The van der Waals surface area contributed by atoms with Gasteiger partial charge >= 0.3 is 0 Å². The van der Waals surface area contributed by atoms with Crippen LogP contribution in [0.5, 0.6) is 0 Å². The van der Waals surface area contributed by atoms with Gasteiger partial charge in [-0.3, -0.25) is 0 Å². The Bertz CT molecular complexity index is 318. The van der Waals surface area contributed by atoms with Crippen molar-refractivity contribution < 1.29 is 24.8 Å². The minimum absolute atomic E-state index is 0.507. The molecule has 0 aliphatic carbocycles. The predicted molar refractivity (Wildman–Crippen MR) is 54.5 cm³/mol. The summed E-state index contributed by atoms with van der Waals surface area (Å²) in [6.07, 6.45) is -1.16. The zero-order valence-corrected chi connectivity index (χ0v) is 9.94. The van der Waals surface area contributed by atoms with E-state index in [2.05, 4.69) is 5.32 Å². The van der Waals surface area contributed by atoms with E-state index < -0.39 is 35.4 Å². The standard InChI is InChI=1S/C10H19NO5/c1-7(11-4)6(13)15-10(5-12)8(2,14)9(7,3)16-10/h6,11-14H,5H2,1-4H3/t6?,7?,8-,9?,10?/m1/s1. The Morgan fingerprint density at radius 2 is 1.88 bits per heavy atom. The van der Waals surface area contributed by atoms with E-state index in [0.29, 0.717) is 0 Å². The number of aliphatic hydroxyl groups is 3. The summed E-state index contributed by atoms with van der Waals surface area (Å²) in [6.45, 7) is 4.41. The molecule has 0 aromatic rings. The summed E-state index contributed by atoms with van der Waals surface area (Å²) in [5.41, 5.74) is -3.37. The first-order valence-electron chi connectivity index (χ1n) is 5.29. The Morgan fingerprint density at radius 3 is 2.25 bits per heavy atom. The van der Waals surface area contributed by atoms with E-state index in [1.165, 1.54) is 6.92 Å². The lowest BCUT2D eigenvalue weighted by atomic mass is 9.60. The average Bonchev–Trinajstić information content (AvgIpc) is 2.24. The Morgan fingerprint density at radius 1 is 1.31 bits per heavy atom. The number of rotatable bonds is 2. The molecule has 3 rings (SSSR count). The molecule has 0 aromatic heterocycles. The number of hydrogen-bond acceptors (Lipinski definition) is 6. The van der Waals surface area contributed by atoms with Gasteiger partial charge in [0.2, 0.25) is 5.79 Å². The molecule has 3 heterocycles. The van der Waals surface area contributed by atoms with Crippen LogP contribution in [0.3, 0.4) is 0 Å². The molecule has 16 heavy (non-hydrogen) atoms. The molecule has 3 aliphatic heterocycles. The van der Waals surface area contributed by atoms with Crippen LogP contribution in [0.2, 0.25) is 0 Å². The molecule has 3 saturated heterocycles. The largest absolute Gasteiger partial charge is 0.391 e. The van der Waals surface area contributed by atoms with Gasteiger partial charge < -0.3 is 30.1 Å². The molecule has 94 valence electrons. The monoisotopic (exact) mass is 233 g/mol. The van der Waals surface area contributed by atoms with E-state index in [1.54, 1.807) is 20.9 Å². The van der Waals surface area contributed by atoms with Gasteiger partial charge in [-0.15, -0.1) is 0 Å². The van der Waals surface area contributed by atoms with Crippen LogP contribution in [0, 0.1) is 0 Å². The van der Waals surface area contributed by atoms with Gasteiger partial charge in [-0.1, -0.05) is 0 Å². The van der Waals surface area contributed by atoms with Crippen molar-refractivity contribution in [2.24, 2.45) is 0 Å². The van der Waals surface area contributed by atoms with Crippen molar-refractivity contribution in [3.63, 3.8) is 0 Å². The molecule has 6 nitrogen and oxygen atoms in total. The Balaban J connectivity index is 2.47. The van der Waals surface area contributed by atoms with E-state index in [-0.39, 0.29) is 0 Å². The smallest absolute Gasteiger partial charge is 0.227 e. The van der Waals surface area contributed by atoms with Crippen LogP contribution in [0.4, 0.5) is 0 Å². The highest BCUT2D eigenvalue weighted by Crippen LogP contribution is 2.61. The third-order valence-electron chi connectivity index (χ3n) is 4.55. The maximum absolute atomic E-state index is 10.4. The predicted octanol–water partition coefficient (Wildman–Crippen LogP) is -1.46. The highest BCUT2D eigenvalue weighted by molar-refractivity contribution is 5.27. The topological polar surface area (TPSA) is 91.2 Å². The Kier molecular flexibility index (Phi) is 2.26. The van der Waals surface area contributed by atoms with Gasteiger partial charge in [0.1, 0.15) is 17.8 Å². The number of aliphatic hydroxyl groups excluding tert-OH is 2. The van der Waals surface area contributed by atoms with Crippen LogP contribution >= 0.6 is 0 Å². The summed E-state index contributed by atoms with van der Waals surface area (Å²) in [5.74, 6) is -1.53. The molecule has 3 aliphatic rings. The number of ether oxygens (including phenoxy) is 2. The highest BCUT2D eigenvalue weighted by atomic mass is 16.8. The van der Waals surface area contributed by atoms with Gasteiger partial charge in [0, 0.05) is 0 Å². The van der Waals surface area contributed by atoms with Crippen LogP contribution < -0.4 is 5.32 Å². The zero-order chi connectivity index (χ0) is 12.4. The van der Waals surface area contributed by atoms with E-state index in [1.807, 2.05) is 0 Å². The van der Waals surface area contributed by atoms with Crippen molar-refractivity contribution in [2.45, 2.75) is 49.6 Å². The van der Waals surface area contributed by atoms with Crippen molar-refractivity contribution in [1.29, 1.82) is 0 Å². The first-order chi connectivity index (χ1) is 7.21. The van der Waals surface area contributed by atoms with Gasteiger partial charge in [-0.2, -0.15) is 0 Å². The molecule has 0 amide bonds. The van der Waals surface area contributed by atoms with Crippen LogP contribution in [-0.4, -0.2) is 57.8 Å². The summed E-state index contributed by atoms with van der Waals surface area (Å²) in [7, 11) is 1.65. The minimum Gasteiger partial charge on any atom is -0.391 e. The second kappa shape index (κ2) is 2.95. The summed E-state index contributed by atoms with van der Waals surface area (Å²) >= 11 is 0. The van der Waals surface area contributed by atoms with Gasteiger partial charge in [-0.05, 0) is 27.8 Å². The minimum atomic E-state index is -1.53. The van der Waals surface area contributed by atoms with Gasteiger partial charge in [0.25, 0.3) is 0 Å². The molecule has 0 saturated carbocycles. The molecular weight excluding hydrogens is 214 g/mol. The lowest BCUT2D eigenvalue weighted by molar-refractivity contribution is -0.561. The van der Waals surface area contributed by atoms with Crippen LogP contribution in [-0.2, 0) is 9.47 Å². The van der Waals surface area contributed by atoms with Crippen LogP contribution in [0.1, 0.15) is 20.8 Å². The van der Waals surface area contributed by atoms with Gasteiger partial charge in [0.05, 0.1) is 5.54 Å². The molecule has 4 unspecified atom stereocenters. The van der Waals surface area contributed by atoms with E-state index in [0.717, 1.165) is 0 Å². The molecule has 6 heteroatoms. The lowest BCUT2D eigenvalue weighted by Gasteiger charge is -2.73. The lowest BCUT2D eigenvalue weighted by Crippen LogP contribution is -2.95. The van der Waals surface area contributed by atoms with Crippen molar-refractivity contribution in [1.82, 2.24) is 5.32 Å². The van der Waals surface area contributed by atoms with Gasteiger partial charge in [-0.25, -0.2) is 0 Å². The fraction of sp³-hybridized carbons (Fsp3) is 1.00. The van der Waals surface area contributed by atoms with E-state index in [4.69, 9.17) is 9.47 Å². The molecule has 5 atom stereocenters. The first kappa shape index (κ1) is 12.2. The first-order valence-corrected chi connectivity index (χ1v) is 5.29. The van der Waals surface area contributed by atoms with Gasteiger partial charge in [0.15, 0.2) is 6.29 Å². The maximum atomic E-state index is 10.4.